The summed E-state index contributed by atoms with van der Waals surface area (Å²) < 4.78 is 6.49. The van der Waals surface area contributed by atoms with Crippen molar-refractivity contribution in [1.82, 2.24) is 20.9 Å². The highest BCUT2D eigenvalue weighted by atomic mass is 79.9. The number of aliphatic imine (C=N–C) groups is 1. The van der Waals surface area contributed by atoms with Crippen molar-refractivity contribution >= 4 is 27.8 Å². The number of benzene rings is 1. The molecule has 1 amide bonds. The molecule has 0 unspecified atom stereocenters. The van der Waals surface area contributed by atoms with Gasteiger partial charge in [-0.25, -0.2) is 9.98 Å². The maximum atomic E-state index is 12.0. The van der Waals surface area contributed by atoms with Crippen LogP contribution < -0.4 is 16.0 Å². The number of guanidine groups is 1. The quantitative estimate of drug-likeness (QED) is 0.336. The molecule has 3 N–H and O–H groups in total. The number of hydrogen-bond donors (Lipinski definition) is 3. The van der Waals surface area contributed by atoms with Crippen molar-refractivity contribution in [1.29, 1.82) is 0 Å². The van der Waals surface area contributed by atoms with Crippen LogP contribution in [0.15, 0.2) is 38.1 Å². The van der Waals surface area contributed by atoms with Gasteiger partial charge in [0, 0.05) is 29.7 Å². The zero-order valence-corrected chi connectivity index (χ0v) is 17.5. The van der Waals surface area contributed by atoms with E-state index < -0.39 is 0 Å². The first-order chi connectivity index (χ1) is 13.0. The largest absolute Gasteiger partial charge is 0.444 e. The molecule has 0 aliphatic carbocycles. The lowest BCUT2D eigenvalue weighted by Crippen LogP contribution is -2.38. The molecule has 2 aromatic rings. The Bertz CT molecular complexity index is 751. The number of rotatable bonds is 8. The summed E-state index contributed by atoms with van der Waals surface area (Å²) in [6, 6.07) is 7.29. The monoisotopic (exact) mass is 435 g/mol. The topological polar surface area (TPSA) is 91.6 Å². The Balaban J connectivity index is 1.73. The van der Waals surface area contributed by atoms with Crippen molar-refractivity contribution < 1.29 is 9.21 Å². The number of nitrogens with one attached hydrogen (secondary N) is 3. The number of halogens is 1. The molecule has 1 aromatic carbocycles. The second kappa shape index (κ2) is 10.7. The Morgan fingerprint density at radius 2 is 1.85 bits per heavy atom. The Morgan fingerprint density at radius 1 is 1.15 bits per heavy atom. The fourth-order valence-electron chi connectivity index (χ4n) is 2.30. The molecule has 0 atom stereocenters. The van der Waals surface area contributed by atoms with E-state index in [-0.39, 0.29) is 5.91 Å². The third kappa shape index (κ3) is 7.05. The smallest absolute Gasteiger partial charge is 0.251 e. The summed E-state index contributed by atoms with van der Waals surface area (Å²) >= 11 is 3.36. The molecule has 0 saturated heterocycles. The van der Waals surface area contributed by atoms with Crippen LogP contribution in [0.5, 0.6) is 0 Å². The minimum atomic E-state index is -0.0716. The summed E-state index contributed by atoms with van der Waals surface area (Å²) in [5.41, 5.74) is 1.54. The zero-order chi connectivity index (χ0) is 19.6. The van der Waals surface area contributed by atoms with Gasteiger partial charge < -0.3 is 20.4 Å². The first-order valence-electron chi connectivity index (χ1n) is 8.98. The molecular weight excluding hydrogens is 410 g/mol. The van der Waals surface area contributed by atoms with Crippen LogP contribution in [0.1, 0.15) is 41.0 Å². The molecule has 2 rings (SSSR count). The second-order valence-electron chi connectivity index (χ2n) is 5.99. The van der Waals surface area contributed by atoms with Crippen LogP contribution in [0.25, 0.3) is 0 Å². The van der Waals surface area contributed by atoms with Crippen molar-refractivity contribution in [3.8, 4) is 0 Å². The van der Waals surface area contributed by atoms with Gasteiger partial charge in [0.1, 0.15) is 12.3 Å². The highest BCUT2D eigenvalue weighted by Gasteiger charge is 2.06. The van der Waals surface area contributed by atoms with Crippen LogP contribution in [-0.4, -0.2) is 36.5 Å². The van der Waals surface area contributed by atoms with Crippen molar-refractivity contribution in [3.05, 3.63) is 51.6 Å². The molecule has 0 bridgehead atoms. The van der Waals surface area contributed by atoms with Gasteiger partial charge >= 0.3 is 0 Å². The van der Waals surface area contributed by atoms with Gasteiger partial charge in [-0.15, -0.1) is 0 Å². The van der Waals surface area contributed by atoms with Gasteiger partial charge in [0.2, 0.25) is 5.89 Å². The number of amides is 1. The maximum absolute atomic E-state index is 12.0. The van der Waals surface area contributed by atoms with Gasteiger partial charge in [-0.2, -0.15) is 0 Å². The van der Waals surface area contributed by atoms with Crippen LogP contribution in [-0.2, 0) is 6.54 Å². The fourth-order valence-corrected chi connectivity index (χ4v) is 2.56. The van der Waals surface area contributed by atoms with Crippen LogP contribution in [0.3, 0.4) is 0 Å². The van der Waals surface area contributed by atoms with E-state index in [1.54, 1.807) is 12.1 Å². The van der Waals surface area contributed by atoms with Crippen molar-refractivity contribution in [2.45, 2.75) is 33.7 Å². The number of aromatic nitrogens is 1. The van der Waals surface area contributed by atoms with Gasteiger partial charge in [0.25, 0.3) is 5.91 Å². The third-order valence-corrected chi connectivity index (χ3v) is 4.36. The standard InChI is InChI=1S/C19H26BrN5O2/c1-4-21-19(24-12-17-25-13(2)14(3)27-17)23-11-5-10-22-18(26)15-6-8-16(20)9-7-15/h6-9H,4-5,10-12H2,1-3H3,(H,22,26)(H2,21,23,24). The lowest BCUT2D eigenvalue weighted by atomic mass is 10.2. The van der Waals surface area contributed by atoms with Crippen LogP contribution in [0, 0.1) is 13.8 Å². The lowest BCUT2D eigenvalue weighted by Gasteiger charge is -2.11. The first-order valence-corrected chi connectivity index (χ1v) is 9.77. The van der Waals surface area contributed by atoms with E-state index in [9.17, 15) is 4.79 Å². The zero-order valence-electron chi connectivity index (χ0n) is 15.9. The molecule has 0 radical (unpaired) electrons. The minimum absolute atomic E-state index is 0.0716. The molecule has 0 saturated carbocycles. The Kier molecular flexibility index (Phi) is 8.32. The van der Waals surface area contributed by atoms with E-state index in [2.05, 4.69) is 41.9 Å². The number of oxazole rings is 1. The van der Waals surface area contributed by atoms with Gasteiger partial charge in [-0.05, 0) is 51.5 Å². The molecule has 1 aromatic heterocycles. The first kappa shape index (κ1) is 21.0. The van der Waals surface area contributed by atoms with Gasteiger partial charge in [0.05, 0.1) is 5.69 Å². The molecule has 0 aliphatic heterocycles. The van der Waals surface area contributed by atoms with E-state index in [0.717, 1.165) is 28.9 Å². The van der Waals surface area contributed by atoms with Crippen LogP contribution in [0.2, 0.25) is 0 Å². The van der Waals surface area contributed by atoms with Crippen molar-refractivity contribution in [3.63, 3.8) is 0 Å². The molecule has 8 heteroatoms. The van der Waals surface area contributed by atoms with Gasteiger partial charge in [-0.3, -0.25) is 4.79 Å². The minimum Gasteiger partial charge on any atom is -0.444 e. The lowest BCUT2D eigenvalue weighted by molar-refractivity contribution is 0.0953. The molecule has 146 valence electrons. The van der Waals surface area contributed by atoms with Gasteiger partial charge in [0.15, 0.2) is 5.96 Å². The summed E-state index contributed by atoms with van der Waals surface area (Å²) in [5.74, 6) is 2.05. The summed E-state index contributed by atoms with van der Waals surface area (Å²) in [6.07, 6.45) is 0.782. The van der Waals surface area contributed by atoms with Crippen molar-refractivity contribution in [2.24, 2.45) is 4.99 Å². The predicted molar refractivity (Wildman–Crippen MR) is 110 cm³/mol. The average Bonchev–Trinajstić information content (AvgIpc) is 2.97. The third-order valence-electron chi connectivity index (χ3n) is 3.83. The van der Waals surface area contributed by atoms with Gasteiger partial charge in [-0.1, -0.05) is 15.9 Å². The van der Waals surface area contributed by atoms with E-state index in [0.29, 0.717) is 37.0 Å². The summed E-state index contributed by atoms with van der Waals surface area (Å²) in [7, 11) is 0. The highest BCUT2D eigenvalue weighted by molar-refractivity contribution is 9.10. The highest BCUT2D eigenvalue weighted by Crippen LogP contribution is 2.10. The number of carbonyl (C=O) groups is 1. The molecule has 1 heterocycles. The fraction of sp³-hybridized carbons (Fsp3) is 0.421. The molecule has 27 heavy (non-hydrogen) atoms. The summed E-state index contributed by atoms with van der Waals surface area (Å²) in [4.78, 5) is 20.8. The number of nitrogens with zero attached hydrogens (tertiary/aromatic N) is 2. The molecular formula is C19H26BrN5O2. The van der Waals surface area contributed by atoms with Crippen molar-refractivity contribution in [2.75, 3.05) is 19.6 Å². The van der Waals surface area contributed by atoms with E-state index in [1.165, 1.54) is 0 Å². The summed E-state index contributed by atoms with van der Waals surface area (Å²) in [6.45, 7) is 8.23. The number of carbonyl (C=O) groups excluding carboxylic acids is 1. The Hall–Kier alpha value is -2.35. The molecule has 0 spiro atoms. The molecule has 0 aliphatic rings. The van der Waals surface area contributed by atoms with Crippen LogP contribution >= 0.6 is 15.9 Å². The second-order valence-corrected chi connectivity index (χ2v) is 6.90. The SMILES string of the molecule is CCNC(=NCc1nc(C)c(C)o1)NCCCNC(=O)c1ccc(Br)cc1. The number of aryl methyl sites for hydroxylation is 2. The maximum Gasteiger partial charge on any atom is 0.251 e. The average molecular weight is 436 g/mol. The summed E-state index contributed by atoms with van der Waals surface area (Å²) in [5, 5.41) is 9.34. The van der Waals surface area contributed by atoms with E-state index in [1.807, 2.05) is 32.9 Å². The Morgan fingerprint density at radius 3 is 2.48 bits per heavy atom. The number of hydrogen-bond acceptors (Lipinski definition) is 4. The molecule has 0 fully saturated rings. The van der Waals surface area contributed by atoms with E-state index >= 15 is 0 Å². The van der Waals surface area contributed by atoms with Crippen LogP contribution in [0.4, 0.5) is 0 Å². The predicted octanol–water partition coefficient (Wildman–Crippen LogP) is 2.93. The molecule has 7 nitrogen and oxygen atoms in total. The van der Waals surface area contributed by atoms with E-state index in [4.69, 9.17) is 4.42 Å². The normalized spacial score (nSPS) is 11.3. The Labute approximate surface area is 168 Å².